The van der Waals surface area contributed by atoms with E-state index in [1.165, 1.54) is 13.2 Å². The van der Waals surface area contributed by atoms with Crippen LogP contribution in [-0.2, 0) is 9.53 Å². The van der Waals surface area contributed by atoms with E-state index < -0.39 is 17.7 Å². The molecule has 0 spiro atoms. The molecule has 1 atom stereocenters. The SMILES string of the molecule is CCN(CCC(=O)OC)CC(O)c1ccc(F)cc1F. The van der Waals surface area contributed by atoms with Crippen LogP contribution in [0.4, 0.5) is 8.78 Å². The van der Waals surface area contributed by atoms with Gasteiger partial charge >= 0.3 is 5.97 Å². The number of aliphatic hydroxyl groups is 1. The smallest absolute Gasteiger partial charge is 0.306 e. The van der Waals surface area contributed by atoms with Crippen molar-refractivity contribution in [1.82, 2.24) is 4.90 Å². The fraction of sp³-hybridized carbons (Fsp3) is 0.500. The molecule has 4 nitrogen and oxygen atoms in total. The normalized spacial score (nSPS) is 12.5. The van der Waals surface area contributed by atoms with Crippen LogP contribution in [0.2, 0.25) is 0 Å². The molecule has 1 unspecified atom stereocenters. The topological polar surface area (TPSA) is 49.8 Å². The highest BCUT2D eigenvalue weighted by Crippen LogP contribution is 2.19. The van der Waals surface area contributed by atoms with E-state index in [0.29, 0.717) is 13.1 Å². The van der Waals surface area contributed by atoms with E-state index >= 15 is 0 Å². The minimum Gasteiger partial charge on any atom is -0.469 e. The van der Waals surface area contributed by atoms with Crippen molar-refractivity contribution < 1.29 is 23.4 Å². The molecule has 0 bridgehead atoms. The maximum Gasteiger partial charge on any atom is 0.306 e. The zero-order valence-electron chi connectivity index (χ0n) is 11.6. The van der Waals surface area contributed by atoms with Crippen molar-refractivity contribution >= 4 is 5.97 Å². The molecule has 0 saturated heterocycles. The molecule has 1 N–H and O–H groups in total. The van der Waals surface area contributed by atoms with Crippen molar-refractivity contribution in [2.24, 2.45) is 0 Å². The van der Waals surface area contributed by atoms with Crippen LogP contribution in [0.15, 0.2) is 18.2 Å². The summed E-state index contributed by atoms with van der Waals surface area (Å²) in [6.07, 6.45) is -0.878. The number of halogens is 2. The van der Waals surface area contributed by atoms with Gasteiger partial charge in [-0.3, -0.25) is 4.79 Å². The van der Waals surface area contributed by atoms with Crippen molar-refractivity contribution in [2.45, 2.75) is 19.4 Å². The Bertz CT molecular complexity index is 454. The molecule has 0 aromatic heterocycles. The van der Waals surface area contributed by atoms with Crippen LogP contribution in [-0.4, -0.2) is 42.7 Å². The van der Waals surface area contributed by atoms with E-state index in [9.17, 15) is 18.7 Å². The van der Waals surface area contributed by atoms with Gasteiger partial charge in [0.15, 0.2) is 0 Å². The van der Waals surface area contributed by atoms with Gasteiger partial charge in [0.1, 0.15) is 11.6 Å². The summed E-state index contributed by atoms with van der Waals surface area (Å²) in [5, 5.41) is 10.00. The zero-order valence-corrected chi connectivity index (χ0v) is 11.6. The average molecular weight is 287 g/mol. The molecule has 1 rings (SSSR count). The van der Waals surface area contributed by atoms with E-state index in [1.807, 2.05) is 6.92 Å². The Labute approximate surface area is 117 Å². The van der Waals surface area contributed by atoms with Crippen LogP contribution in [0.1, 0.15) is 25.0 Å². The molecule has 0 amide bonds. The molecule has 0 aliphatic carbocycles. The number of benzene rings is 1. The lowest BCUT2D eigenvalue weighted by Gasteiger charge is -2.23. The lowest BCUT2D eigenvalue weighted by atomic mass is 10.1. The van der Waals surface area contributed by atoms with E-state index in [0.717, 1.165) is 12.1 Å². The van der Waals surface area contributed by atoms with Gasteiger partial charge in [-0.25, -0.2) is 8.78 Å². The third-order valence-electron chi connectivity index (χ3n) is 3.06. The van der Waals surface area contributed by atoms with Gasteiger partial charge in [0.05, 0.1) is 19.6 Å². The number of nitrogens with zero attached hydrogens (tertiary/aromatic N) is 1. The van der Waals surface area contributed by atoms with Crippen LogP contribution in [0, 0.1) is 11.6 Å². The predicted molar refractivity (Wildman–Crippen MR) is 70.1 cm³/mol. The number of carbonyl (C=O) groups is 1. The molecule has 1 aromatic rings. The summed E-state index contributed by atoms with van der Waals surface area (Å²) in [5.74, 6) is -1.80. The minimum absolute atomic E-state index is 0.0444. The molecule has 112 valence electrons. The summed E-state index contributed by atoms with van der Waals surface area (Å²) in [6.45, 7) is 3.03. The van der Waals surface area contributed by atoms with E-state index in [1.54, 1.807) is 4.90 Å². The lowest BCUT2D eigenvalue weighted by molar-refractivity contribution is -0.141. The van der Waals surface area contributed by atoms with Crippen LogP contribution in [0.5, 0.6) is 0 Å². The summed E-state index contributed by atoms with van der Waals surface area (Å²) in [6, 6.07) is 3.07. The van der Waals surface area contributed by atoms with E-state index in [-0.39, 0.29) is 24.5 Å². The highest BCUT2D eigenvalue weighted by Gasteiger charge is 2.17. The number of hydrogen-bond donors (Lipinski definition) is 1. The largest absolute Gasteiger partial charge is 0.469 e. The van der Waals surface area contributed by atoms with Gasteiger partial charge in [0, 0.05) is 24.7 Å². The highest BCUT2D eigenvalue weighted by atomic mass is 19.1. The number of ether oxygens (including phenoxy) is 1. The number of likely N-dealkylation sites (N-methyl/N-ethyl adjacent to an activating group) is 1. The van der Waals surface area contributed by atoms with Crippen LogP contribution >= 0.6 is 0 Å². The summed E-state index contributed by atoms with van der Waals surface area (Å²) < 4.78 is 30.9. The Balaban J connectivity index is 2.62. The Morgan fingerprint density at radius 1 is 1.45 bits per heavy atom. The Morgan fingerprint density at radius 3 is 2.70 bits per heavy atom. The Morgan fingerprint density at radius 2 is 2.15 bits per heavy atom. The molecule has 0 saturated carbocycles. The maximum atomic E-state index is 13.5. The third kappa shape index (κ3) is 4.86. The van der Waals surface area contributed by atoms with Gasteiger partial charge in [0.25, 0.3) is 0 Å². The fourth-order valence-corrected chi connectivity index (χ4v) is 1.84. The molecule has 0 fully saturated rings. The zero-order chi connectivity index (χ0) is 15.1. The first-order valence-corrected chi connectivity index (χ1v) is 6.40. The number of carbonyl (C=O) groups excluding carboxylic acids is 1. The van der Waals surface area contributed by atoms with Gasteiger partial charge < -0.3 is 14.7 Å². The second-order valence-corrected chi connectivity index (χ2v) is 4.40. The third-order valence-corrected chi connectivity index (χ3v) is 3.06. The van der Waals surface area contributed by atoms with Crippen molar-refractivity contribution in [3.63, 3.8) is 0 Å². The Kier molecular flexibility index (Phi) is 6.54. The van der Waals surface area contributed by atoms with Crippen molar-refractivity contribution in [1.29, 1.82) is 0 Å². The Hall–Kier alpha value is -1.53. The lowest BCUT2D eigenvalue weighted by Crippen LogP contribution is -2.31. The van der Waals surface area contributed by atoms with Gasteiger partial charge in [-0.05, 0) is 12.6 Å². The first-order chi connectivity index (χ1) is 9.47. The first-order valence-electron chi connectivity index (χ1n) is 6.40. The number of hydrogen-bond acceptors (Lipinski definition) is 4. The van der Waals surface area contributed by atoms with Crippen molar-refractivity contribution in [3.05, 3.63) is 35.4 Å². The summed E-state index contributed by atoms with van der Waals surface area (Å²) in [7, 11) is 1.31. The van der Waals surface area contributed by atoms with Gasteiger partial charge in [0.2, 0.25) is 0 Å². The first kappa shape index (κ1) is 16.5. The molecule has 0 aliphatic rings. The number of rotatable bonds is 7. The summed E-state index contributed by atoms with van der Waals surface area (Å²) >= 11 is 0. The average Bonchev–Trinajstić information content (AvgIpc) is 2.42. The molecular weight excluding hydrogens is 268 g/mol. The monoisotopic (exact) mass is 287 g/mol. The van der Waals surface area contributed by atoms with Gasteiger partial charge in [-0.1, -0.05) is 13.0 Å². The van der Waals surface area contributed by atoms with E-state index in [2.05, 4.69) is 4.74 Å². The van der Waals surface area contributed by atoms with Crippen LogP contribution in [0.25, 0.3) is 0 Å². The number of esters is 1. The van der Waals surface area contributed by atoms with Crippen molar-refractivity contribution in [2.75, 3.05) is 26.7 Å². The number of aliphatic hydroxyl groups excluding tert-OH is 1. The predicted octanol–water partition coefficient (Wildman–Crippen LogP) is 1.88. The molecule has 0 aliphatic heterocycles. The second-order valence-electron chi connectivity index (χ2n) is 4.40. The standard InChI is InChI=1S/C14H19F2NO3/c1-3-17(7-6-14(19)20-2)9-13(18)11-5-4-10(15)8-12(11)16/h4-5,8,13,18H,3,6-7,9H2,1-2H3. The van der Waals surface area contributed by atoms with E-state index in [4.69, 9.17) is 0 Å². The van der Waals surface area contributed by atoms with Crippen LogP contribution in [0.3, 0.4) is 0 Å². The fourth-order valence-electron chi connectivity index (χ4n) is 1.84. The van der Waals surface area contributed by atoms with Gasteiger partial charge in [-0.2, -0.15) is 0 Å². The second kappa shape index (κ2) is 7.91. The molecule has 6 heteroatoms. The molecule has 0 heterocycles. The van der Waals surface area contributed by atoms with Crippen LogP contribution < -0.4 is 0 Å². The minimum atomic E-state index is -1.08. The summed E-state index contributed by atoms with van der Waals surface area (Å²) in [5.41, 5.74) is 0.0444. The van der Waals surface area contributed by atoms with Crippen molar-refractivity contribution in [3.8, 4) is 0 Å². The van der Waals surface area contributed by atoms with Gasteiger partial charge in [-0.15, -0.1) is 0 Å². The maximum absolute atomic E-state index is 13.5. The molecule has 0 radical (unpaired) electrons. The summed E-state index contributed by atoms with van der Waals surface area (Å²) in [4.78, 5) is 12.9. The number of methoxy groups -OCH3 is 1. The quantitative estimate of drug-likeness (QED) is 0.778. The molecule has 1 aromatic carbocycles. The highest BCUT2D eigenvalue weighted by molar-refractivity contribution is 5.69. The molecular formula is C14H19F2NO3. The molecule has 20 heavy (non-hydrogen) atoms.